The third-order valence-electron chi connectivity index (χ3n) is 1.60. The minimum Gasteiger partial charge on any atom is -0.466 e. The number of carbonyl (C=O) groups is 1. The van der Waals surface area contributed by atoms with Crippen molar-refractivity contribution in [1.29, 1.82) is 0 Å². The molecule has 3 nitrogen and oxygen atoms in total. The number of halogens is 1. The van der Waals surface area contributed by atoms with E-state index in [0.717, 1.165) is 0 Å². The molecule has 0 radical (unpaired) electrons. The number of rotatable bonds is 4. The summed E-state index contributed by atoms with van der Waals surface area (Å²) in [5, 5.41) is 0. The summed E-state index contributed by atoms with van der Waals surface area (Å²) in [6.45, 7) is 6.45. The predicted molar refractivity (Wildman–Crippen MR) is 51.3 cm³/mol. The molecule has 0 saturated heterocycles. The molecule has 0 aromatic rings. The summed E-state index contributed by atoms with van der Waals surface area (Å²) >= 11 is 0. The van der Waals surface area contributed by atoms with Gasteiger partial charge in [0.2, 0.25) is 0 Å². The number of nitrogens with two attached hydrogens (primary N) is 1. The average molecular weight is 196 g/mol. The molecular formula is C8H18ClNO2. The summed E-state index contributed by atoms with van der Waals surface area (Å²) in [6, 6.07) is 0. The smallest absolute Gasteiger partial charge is 0.311 e. The Kier molecular flexibility index (Phi) is 7.44. The first kappa shape index (κ1) is 14.3. The van der Waals surface area contributed by atoms with Gasteiger partial charge in [-0.3, -0.25) is 4.79 Å². The second-order valence-electron chi connectivity index (χ2n) is 3.14. The largest absolute Gasteiger partial charge is 0.466 e. The van der Waals surface area contributed by atoms with Crippen LogP contribution < -0.4 is 5.73 Å². The van der Waals surface area contributed by atoms with Gasteiger partial charge in [0.1, 0.15) is 0 Å². The molecule has 4 heteroatoms. The molecule has 0 spiro atoms. The predicted octanol–water partition coefficient (Wildman–Crippen LogP) is 1.35. The molecule has 0 saturated carbocycles. The van der Waals surface area contributed by atoms with E-state index in [-0.39, 0.29) is 18.4 Å². The maximum absolute atomic E-state index is 11.2. The van der Waals surface area contributed by atoms with E-state index in [0.29, 0.717) is 19.6 Å². The Morgan fingerprint density at radius 1 is 1.50 bits per heavy atom. The van der Waals surface area contributed by atoms with Crippen LogP contribution >= 0.6 is 12.4 Å². The lowest BCUT2D eigenvalue weighted by Crippen LogP contribution is -2.29. The Balaban J connectivity index is 0. The molecule has 0 aliphatic rings. The Morgan fingerprint density at radius 3 is 2.33 bits per heavy atom. The van der Waals surface area contributed by atoms with Gasteiger partial charge in [0.15, 0.2) is 0 Å². The van der Waals surface area contributed by atoms with Crippen molar-refractivity contribution in [3.63, 3.8) is 0 Å². The van der Waals surface area contributed by atoms with Gasteiger partial charge in [0.25, 0.3) is 0 Å². The molecule has 0 fully saturated rings. The first-order chi connectivity index (χ1) is 5.04. The van der Waals surface area contributed by atoms with Gasteiger partial charge < -0.3 is 10.5 Å². The molecule has 0 atom stereocenters. The molecule has 74 valence electrons. The van der Waals surface area contributed by atoms with Crippen molar-refractivity contribution in [2.45, 2.75) is 27.2 Å². The maximum Gasteiger partial charge on any atom is 0.311 e. The van der Waals surface area contributed by atoms with Crippen molar-refractivity contribution in [3.05, 3.63) is 0 Å². The van der Waals surface area contributed by atoms with E-state index in [9.17, 15) is 4.79 Å². The molecule has 0 aromatic heterocycles. The fraction of sp³-hybridized carbons (Fsp3) is 0.875. The highest BCUT2D eigenvalue weighted by Crippen LogP contribution is 2.20. The van der Waals surface area contributed by atoms with Gasteiger partial charge in [0, 0.05) is 0 Å². The maximum atomic E-state index is 11.2. The summed E-state index contributed by atoms with van der Waals surface area (Å²) in [7, 11) is 0. The zero-order valence-electron chi connectivity index (χ0n) is 7.92. The minimum atomic E-state index is -0.426. The Labute approximate surface area is 80.1 Å². The summed E-state index contributed by atoms with van der Waals surface area (Å²) < 4.78 is 4.86. The highest BCUT2D eigenvalue weighted by molar-refractivity contribution is 5.85. The molecule has 0 aliphatic carbocycles. The Bertz CT molecular complexity index is 137. The van der Waals surface area contributed by atoms with Crippen molar-refractivity contribution < 1.29 is 9.53 Å². The Hall–Kier alpha value is -0.280. The van der Waals surface area contributed by atoms with Crippen molar-refractivity contribution in [1.82, 2.24) is 0 Å². The normalized spacial score (nSPS) is 10.3. The van der Waals surface area contributed by atoms with Crippen LogP contribution in [-0.2, 0) is 9.53 Å². The lowest BCUT2D eigenvalue weighted by atomic mass is 9.90. The van der Waals surface area contributed by atoms with E-state index in [1.807, 2.05) is 13.8 Å². The first-order valence-electron chi connectivity index (χ1n) is 3.92. The van der Waals surface area contributed by atoms with Gasteiger partial charge in [0.05, 0.1) is 12.0 Å². The van der Waals surface area contributed by atoms with Crippen molar-refractivity contribution in [3.8, 4) is 0 Å². The zero-order chi connectivity index (χ0) is 8.91. The Morgan fingerprint density at radius 2 is 2.00 bits per heavy atom. The van der Waals surface area contributed by atoms with Gasteiger partial charge in [-0.05, 0) is 33.7 Å². The van der Waals surface area contributed by atoms with E-state index in [2.05, 4.69) is 0 Å². The zero-order valence-corrected chi connectivity index (χ0v) is 8.74. The molecule has 0 unspecified atom stereocenters. The van der Waals surface area contributed by atoms with Crippen LogP contribution in [0.1, 0.15) is 27.2 Å². The van der Waals surface area contributed by atoms with Crippen LogP contribution in [0.25, 0.3) is 0 Å². The number of hydrogen-bond acceptors (Lipinski definition) is 3. The second-order valence-corrected chi connectivity index (χ2v) is 3.14. The number of esters is 1. The summed E-state index contributed by atoms with van der Waals surface area (Å²) in [6.07, 6.45) is 0.672. The topological polar surface area (TPSA) is 52.3 Å². The second kappa shape index (κ2) is 6.26. The van der Waals surface area contributed by atoms with E-state index >= 15 is 0 Å². The lowest BCUT2D eigenvalue weighted by Gasteiger charge is -2.20. The number of carbonyl (C=O) groups excluding carboxylic acids is 1. The van der Waals surface area contributed by atoms with Gasteiger partial charge in [-0.2, -0.15) is 0 Å². The van der Waals surface area contributed by atoms with Gasteiger partial charge in [-0.1, -0.05) is 0 Å². The summed E-state index contributed by atoms with van der Waals surface area (Å²) in [4.78, 5) is 11.2. The van der Waals surface area contributed by atoms with Crippen LogP contribution in [0.15, 0.2) is 0 Å². The summed E-state index contributed by atoms with van der Waals surface area (Å²) in [5.74, 6) is -0.162. The van der Waals surface area contributed by atoms with E-state index < -0.39 is 5.41 Å². The van der Waals surface area contributed by atoms with Crippen molar-refractivity contribution in [2.75, 3.05) is 13.2 Å². The standard InChI is InChI=1S/C8H17NO2.ClH/c1-4-11-7(10)8(2,3)5-6-9;/h4-6,9H2,1-3H3;1H. The molecular weight excluding hydrogens is 178 g/mol. The third kappa shape index (κ3) is 4.57. The first-order valence-corrected chi connectivity index (χ1v) is 3.92. The quantitative estimate of drug-likeness (QED) is 0.689. The molecule has 0 amide bonds. The van der Waals surface area contributed by atoms with Crippen LogP contribution in [-0.4, -0.2) is 19.1 Å². The average Bonchev–Trinajstić information content (AvgIpc) is 1.88. The van der Waals surface area contributed by atoms with E-state index in [1.54, 1.807) is 6.92 Å². The van der Waals surface area contributed by atoms with Crippen LogP contribution in [0.2, 0.25) is 0 Å². The van der Waals surface area contributed by atoms with Crippen LogP contribution in [0.3, 0.4) is 0 Å². The van der Waals surface area contributed by atoms with Crippen LogP contribution in [0.5, 0.6) is 0 Å². The SMILES string of the molecule is CCOC(=O)C(C)(C)CCN.Cl. The molecule has 12 heavy (non-hydrogen) atoms. The van der Waals surface area contributed by atoms with E-state index in [1.165, 1.54) is 0 Å². The molecule has 0 rings (SSSR count). The monoisotopic (exact) mass is 195 g/mol. The molecule has 0 bridgehead atoms. The molecule has 0 aliphatic heterocycles. The fourth-order valence-electron chi connectivity index (χ4n) is 0.789. The molecule has 0 aromatic carbocycles. The highest BCUT2D eigenvalue weighted by Gasteiger charge is 2.27. The molecule has 2 N–H and O–H groups in total. The van der Waals surface area contributed by atoms with Crippen LogP contribution in [0.4, 0.5) is 0 Å². The highest BCUT2D eigenvalue weighted by atomic mass is 35.5. The third-order valence-corrected chi connectivity index (χ3v) is 1.60. The van der Waals surface area contributed by atoms with Crippen LogP contribution in [0, 0.1) is 5.41 Å². The summed E-state index contributed by atoms with van der Waals surface area (Å²) in [5.41, 5.74) is 4.91. The van der Waals surface area contributed by atoms with E-state index in [4.69, 9.17) is 10.5 Å². The van der Waals surface area contributed by atoms with Gasteiger partial charge in [-0.25, -0.2) is 0 Å². The number of ether oxygens (including phenoxy) is 1. The number of hydrogen-bond donors (Lipinski definition) is 1. The lowest BCUT2D eigenvalue weighted by molar-refractivity contribution is -0.153. The van der Waals surface area contributed by atoms with Gasteiger partial charge in [-0.15, -0.1) is 12.4 Å². The van der Waals surface area contributed by atoms with Crippen molar-refractivity contribution >= 4 is 18.4 Å². The minimum absolute atomic E-state index is 0. The fourth-order valence-corrected chi connectivity index (χ4v) is 0.789. The van der Waals surface area contributed by atoms with Crippen molar-refractivity contribution in [2.24, 2.45) is 11.1 Å². The molecule has 0 heterocycles. The van der Waals surface area contributed by atoms with Gasteiger partial charge >= 0.3 is 5.97 Å².